The van der Waals surface area contributed by atoms with Gasteiger partial charge in [0.15, 0.2) is 0 Å². The van der Waals surface area contributed by atoms with E-state index in [0.29, 0.717) is 47.4 Å². The van der Waals surface area contributed by atoms with Gasteiger partial charge in [0, 0.05) is 31.4 Å². The van der Waals surface area contributed by atoms with E-state index >= 15 is 0 Å². The third kappa shape index (κ3) is 4.77. The summed E-state index contributed by atoms with van der Waals surface area (Å²) in [6.07, 6.45) is 1.31. The predicted octanol–water partition coefficient (Wildman–Crippen LogP) is 3.44. The molecule has 8 nitrogen and oxygen atoms in total. The second-order valence-corrected chi connectivity index (χ2v) is 11.2. The second kappa shape index (κ2) is 9.13. The third-order valence-corrected chi connectivity index (χ3v) is 8.71. The van der Waals surface area contributed by atoms with E-state index < -0.39 is 10.0 Å². The van der Waals surface area contributed by atoms with Crippen LogP contribution in [0, 0.1) is 26.7 Å². The van der Waals surface area contributed by atoms with Crippen molar-refractivity contribution >= 4 is 27.3 Å². The summed E-state index contributed by atoms with van der Waals surface area (Å²) in [5, 5.41) is 6.85. The molecule has 0 bridgehead atoms. The minimum atomic E-state index is -3.73. The molecular formula is C22H26N4O4S2. The Labute approximate surface area is 191 Å². The zero-order chi connectivity index (χ0) is 22.9. The SMILES string of the molecule is Cc1cccc(CNC(=O)[C@H]2CCCN(S(=O)(=O)c3cc(-c4noc(C)n4)sc3C)C2)c1. The van der Waals surface area contributed by atoms with Gasteiger partial charge in [0.2, 0.25) is 27.6 Å². The van der Waals surface area contributed by atoms with E-state index in [2.05, 4.69) is 15.5 Å². The number of aromatic nitrogens is 2. The molecule has 0 unspecified atom stereocenters. The lowest BCUT2D eigenvalue weighted by Crippen LogP contribution is -2.45. The number of hydrogen-bond acceptors (Lipinski definition) is 7. The van der Waals surface area contributed by atoms with Crippen molar-refractivity contribution < 1.29 is 17.7 Å². The van der Waals surface area contributed by atoms with Gasteiger partial charge in [0.1, 0.15) is 0 Å². The molecule has 1 N–H and O–H groups in total. The van der Waals surface area contributed by atoms with Crippen molar-refractivity contribution in [1.29, 1.82) is 0 Å². The molecule has 0 spiro atoms. The highest BCUT2D eigenvalue weighted by Crippen LogP contribution is 2.34. The first-order valence-electron chi connectivity index (χ1n) is 10.5. The van der Waals surface area contributed by atoms with E-state index in [-0.39, 0.29) is 23.3 Å². The monoisotopic (exact) mass is 474 g/mol. The molecule has 3 heterocycles. The summed E-state index contributed by atoms with van der Waals surface area (Å²) in [4.78, 5) is 18.5. The summed E-state index contributed by atoms with van der Waals surface area (Å²) < 4.78 is 33.2. The molecule has 10 heteroatoms. The Balaban J connectivity index is 1.46. The summed E-state index contributed by atoms with van der Waals surface area (Å²) in [6.45, 7) is 6.47. The number of benzene rings is 1. The van der Waals surface area contributed by atoms with E-state index in [0.717, 1.165) is 11.1 Å². The zero-order valence-corrected chi connectivity index (χ0v) is 19.9. The number of hydrogen-bond donors (Lipinski definition) is 1. The largest absolute Gasteiger partial charge is 0.352 e. The van der Waals surface area contributed by atoms with Gasteiger partial charge in [-0.05, 0) is 38.3 Å². The van der Waals surface area contributed by atoms with Gasteiger partial charge in [0.05, 0.1) is 15.7 Å². The maximum absolute atomic E-state index is 13.4. The first-order chi connectivity index (χ1) is 15.2. The highest BCUT2D eigenvalue weighted by atomic mass is 32.2. The first-order valence-corrected chi connectivity index (χ1v) is 12.7. The van der Waals surface area contributed by atoms with E-state index in [1.54, 1.807) is 19.9 Å². The van der Waals surface area contributed by atoms with Crippen LogP contribution in [0.15, 0.2) is 39.8 Å². The van der Waals surface area contributed by atoms with Crippen LogP contribution in [0.4, 0.5) is 0 Å². The van der Waals surface area contributed by atoms with Gasteiger partial charge >= 0.3 is 0 Å². The fourth-order valence-corrected chi connectivity index (χ4v) is 6.91. The lowest BCUT2D eigenvalue weighted by Gasteiger charge is -2.31. The van der Waals surface area contributed by atoms with Gasteiger partial charge in [-0.3, -0.25) is 4.79 Å². The van der Waals surface area contributed by atoms with Crippen LogP contribution in [-0.4, -0.2) is 41.9 Å². The van der Waals surface area contributed by atoms with Crippen LogP contribution in [-0.2, 0) is 21.4 Å². The molecule has 0 radical (unpaired) electrons. The van der Waals surface area contributed by atoms with Crippen molar-refractivity contribution in [2.45, 2.75) is 45.1 Å². The molecule has 1 aliphatic rings. The van der Waals surface area contributed by atoms with Gasteiger partial charge in [-0.2, -0.15) is 9.29 Å². The maximum atomic E-state index is 13.4. The minimum absolute atomic E-state index is 0.114. The van der Waals surface area contributed by atoms with Crippen LogP contribution < -0.4 is 5.32 Å². The topological polar surface area (TPSA) is 105 Å². The lowest BCUT2D eigenvalue weighted by atomic mass is 9.98. The number of nitrogens with zero attached hydrogens (tertiary/aromatic N) is 3. The predicted molar refractivity (Wildman–Crippen MR) is 122 cm³/mol. The highest BCUT2D eigenvalue weighted by molar-refractivity contribution is 7.89. The van der Waals surface area contributed by atoms with Crippen LogP contribution >= 0.6 is 11.3 Å². The molecule has 2 aromatic heterocycles. The molecule has 1 aliphatic heterocycles. The Morgan fingerprint density at radius 3 is 2.81 bits per heavy atom. The number of carbonyl (C=O) groups is 1. The number of piperidine rings is 1. The Bertz CT molecular complexity index is 1230. The molecule has 1 atom stereocenters. The van der Waals surface area contributed by atoms with E-state index in [9.17, 15) is 13.2 Å². The van der Waals surface area contributed by atoms with Crippen LogP contribution in [0.25, 0.3) is 10.7 Å². The average molecular weight is 475 g/mol. The molecule has 1 fully saturated rings. The molecule has 32 heavy (non-hydrogen) atoms. The second-order valence-electron chi connectivity index (χ2n) is 8.08. The maximum Gasteiger partial charge on any atom is 0.244 e. The Morgan fingerprint density at radius 2 is 2.09 bits per heavy atom. The number of carbonyl (C=O) groups excluding carboxylic acids is 1. The molecule has 1 aromatic carbocycles. The van der Waals surface area contributed by atoms with Gasteiger partial charge in [-0.25, -0.2) is 8.42 Å². The number of rotatable bonds is 6. The van der Waals surface area contributed by atoms with Crippen LogP contribution in [0.5, 0.6) is 0 Å². The van der Waals surface area contributed by atoms with E-state index in [1.165, 1.54) is 15.6 Å². The van der Waals surface area contributed by atoms with E-state index in [1.807, 2.05) is 31.2 Å². The van der Waals surface area contributed by atoms with Gasteiger partial charge < -0.3 is 9.84 Å². The number of nitrogens with one attached hydrogen (secondary N) is 1. The van der Waals surface area contributed by atoms with Crippen molar-refractivity contribution in [1.82, 2.24) is 19.8 Å². The summed E-state index contributed by atoms with van der Waals surface area (Å²) in [5.41, 5.74) is 2.16. The molecule has 170 valence electrons. The van der Waals surface area contributed by atoms with Crippen molar-refractivity contribution in [3.63, 3.8) is 0 Å². The average Bonchev–Trinajstić information content (AvgIpc) is 3.38. The Hall–Kier alpha value is -2.56. The molecule has 4 rings (SSSR count). The first kappa shape index (κ1) is 22.6. The summed E-state index contributed by atoms with van der Waals surface area (Å²) in [6, 6.07) is 9.56. The number of thiophene rings is 1. The van der Waals surface area contributed by atoms with Crippen molar-refractivity contribution in [2.24, 2.45) is 5.92 Å². The van der Waals surface area contributed by atoms with E-state index in [4.69, 9.17) is 4.52 Å². The fraction of sp³-hybridized carbons (Fsp3) is 0.409. The summed E-state index contributed by atoms with van der Waals surface area (Å²) in [5.74, 6) is 0.313. The number of aryl methyl sites for hydroxylation is 3. The molecule has 0 aliphatic carbocycles. The quantitative estimate of drug-likeness (QED) is 0.587. The number of sulfonamides is 1. The zero-order valence-electron chi connectivity index (χ0n) is 18.3. The molecule has 3 aromatic rings. The summed E-state index contributed by atoms with van der Waals surface area (Å²) in [7, 11) is -3.73. The van der Waals surface area contributed by atoms with Gasteiger partial charge in [0.25, 0.3) is 0 Å². The van der Waals surface area contributed by atoms with Gasteiger partial charge in [-0.15, -0.1) is 11.3 Å². The van der Waals surface area contributed by atoms with Crippen LogP contribution in [0.1, 0.15) is 34.7 Å². The van der Waals surface area contributed by atoms with Crippen molar-refractivity contribution in [3.05, 3.63) is 52.2 Å². The Kier molecular flexibility index (Phi) is 6.45. The molecule has 1 amide bonds. The normalized spacial score (nSPS) is 17.4. The standard InChI is InChI=1S/C22H26N4O4S2/c1-14-6-4-7-17(10-14)12-23-22(27)18-8-5-9-26(13-18)32(28,29)20-11-19(31-15(20)2)21-24-16(3)30-25-21/h4,6-7,10-11,18H,5,8-9,12-13H2,1-3H3,(H,23,27)/t18-/m0/s1. The number of amides is 1. The van der Waals surface area contributed by atoms with Crippen molar-refractivity contribution in [2.75, 3.05) is 13.1 Å². The van der Waals surface area contributed by atoms with Crippen LogP contribution in [0.2, 0.25) is 0 Å². The third-order valence-electron chi connectivity index (χ3n) is 5.54. The van der Waals surface area contributed by atoms with Crippen LogP contribution in [0.3, 0.4) is 0 Å². The Morgan fingerprint density at radius 1 is 1.28 bits per heavy atom. The van der Waals surface area contributed by atoms with Crippen molar-refractivity contribution in [3.8, 4) is 10.7 Å². The molecule has 1 saturated heterocycles. The minimum Gasteiger partial charge on any atom is -0.352 e. The fourth-order valence-electron chi connectivity index (χ4n) is 3.90. The lowest BCUT2D eigenvalue weighted by molar-refractivity contribution is -0.126. The molecule has 0 saturated carbocycles. The van der Waals surface area contributed by atoms with Gasteiger partial charge in [-0.1, -0.05) is 35.0 Å². The summed E-state index contributed by atoms with van der Waals surface area (Å²) >= 11 is 1.32. The molecular weight excluding hydrogens is 448 g/mol. The highest BCUT2D eigenvalue weighted by Gasteiger charge is 2.35. The smallest absolute Gasteiger partial charge is 0.244 e.